The second kappa shape index (κ2) is 12.7. The van der Waals surface area contributed by atoms with E-state index >= 15 is 0 Å². The van der Waals surface area contributed by atoms with Gasteiger partial charge in [0.05, 0.1) is 13.1 Å². The van der Waals surface area contributed by atoms with Crippen LogP contribution in [0, 0.1) is 0 Å². The molecule has 0 spiro atoms. The number of nitrogens with two attached hydrogens (primary N) is 1. The lowest BCUT2D eigenvalue weighted by Gasteiger charge is -2.36. The Kier molecular flexibility index (Phi) is 9.10. The maximum atomic E-state index is 11.5. The molecule has 198 valence electrons. The number of carbonyl (C=O) groups excluding carboxylic acids is 2. The normalized spacial score (nSPS) is 22.0. The number of likely N-dealkylation sites (tertiary alicyclic amines) is 1. The first kappa shape index (κ1) is 26.6. The van der Waals surface area contributed by atoms with Crippen LogP contribution < -0.4 is 11.2 Å². The number of phenolic OH excluding ortho intramolecular Hbond substituents is 1. The fourth-order valence-corrected chi connectivity index (χ4v) is 4.74. The molecule has 10 heteroatoms. The summed E-state index contributed by atoms with van der Waals surface area (Å²) in [5.74, 6) is 0.346. The number of primary amides is 1. The predicted molar refractivity (Wildman–Crippen MR) is 138 cm³/mol. The quantitative estimate of drug-likeness (QED) is 0.463. The summed E-state index contributed by atoms with van der Waals surface area (Å²) in [6, 6.07) is 14.4. The average molecular weight is 510 g/mol. The Hall–Kier alpha value is -3.47. The van der Waals surface area contributed by atoms with Gasteiger partial charge in [-0.25, -0.2) is 0 Å². The number of rotatable bonds is 8. The number of hydroxylamine groups is 2. The number of aromatic hydroxyl groups is 1. The molecule has 0 aliphatic carbocycles. The molecule has 5 rings (SSSR count). The lowest BCUT2D eigenvalue weighted by molar-refractivity contribution is -0.234. The van der Waals surface area contributed by atoms with Crippen LogP contribution in [0.4, 0.5) is 0 Å². The highest BCUT2D eigenvalue weighted by Crippen LogP contribution is 2.33. The Bertz CT molecular complexity index is 1090. The molecule has 0 saturated carbocycles. The van der Waals surface area contributed by atoms with Crippen LogP contribution in [-0.2, 0) is 25.7 Å². The van der Waals surface area contributed by atoms with E-state index in [-0.39, 0.29) is 24.5 Å². The largest absolute Gasteiger partial charge is 0.508 e. The number of amides is 1. The molecule has 3 aliphatic heterocycles. The molecule has 1 amide bonds. The molecule has 0 radical (unpaired) electrons. The van der Waals surface area contributed by atoms with E-state index < -0.39 is 11.9 Å². The Morgan fingerprint density at radius 1 is 1.24 bits per heavy atom. The van der Waals surface area contributed by atoms with Gasteiger partial charge in [0.15, 0.2) is 6.23 Å². The third-order valence-corrected chi connectivity index (χ3v) is 6.63. The molecule has 3 heterocycles. The van der Waals surface area contributed by atoms with E-state index in [1.54, 1.807) is 18.2 Å². The maximum absolute atomic E-state index is 11.5. The van der Waals surface area contributed by atoms with Crippen molar-refractivity contribution in [2.45, 2.75) is 57.5 Å². The van der Waals surface area contributed by atoms with Gasteiger partial charge in [0.25, 0.3) is 0 Å². The van der Waals surface area contributed by atoms with Crippen LogP contribution in [0.1, 0.15) is 55.4 Å². The lowest BCUT2D eigenvalue weighted by atomic mass is 10.00. The monoisotopic (exact) mass is 509 g/mol. The summed E-state index contributed by atoms with van der Waals surface area (Å²) >= 11 is 0. The molecule has 37 heavy (non-hydrogen) atoms. The molecule has 2 aromatic rings. The molecule has 1 saturated heterocycles. The highest BCUT2D eigenvalue weighted by Gasteiger charge is 2.31. The minimum absolute atomic E-state index is 0.00306. The fraction of sp³-hybridized carbons (Fsp3) is 0.444. The molecule has 0 bridgehead atoms. The second-order valence-electron chi connectivity index (χ2n) is 9.39. The lowest BCUT2D eigenvalue weighted by Crippen LogP contribution is -2.46. The van der Waals surface area contributed by atoms with Gasteiger partial charge in [-0.3, -0.25) is 20.0 Å². The topological polar surface area (TPSA) is 130 Å². The van der Waals surface area contributed by atoms with Crippen LogP contribution in [-0.4, -0.2) is 65.1 Å². The van der Waals surface area contributed by atoms with E-state index in [0.29, 0.717) is 18.9 Å². The third kappa shape index (κ3) is 7.06. The van der Waals surface area contributed by atoms with Crippen LogP contribution >= 0.6 is 0 Å². The number of hydrazone groups is 1. The molecule has 10 nitrogen and oxygen atoms in total. The number of nitrogens with one attached hydrogen (secondary N) is 1. The van der Waals surface area contributed by atoms with Gasteiger partial charge in [-0.05, 0) is 74.7 Å². The number of phenols is 1. The summed E-state index contributed by atoms with van der Waals surface area (Å²) in [4.78, 5) is 30.1. The summed E-state index contributed by atoms with van der Waals surface area (Å²) in [5, 5.41) is 15.3. The Labute approximate surface area is 217 Å². The van der Waals surface area contributed by atoms with Crippen molar-refractivity contribution in [3.8, 4) is 5.75 Å². The molecule has 3 atom stereocenters. The summed E-state index contributed by atoms with van der Waals surface area (Å²) < 4.78 is 5.81. The van der Waals surface area contributed by atoms with Crippen molar-refractivity contribution in [2.75, 3.05) is 19.6 Å². The number of hydrogen-bond donors (Lipinski definition) is 3. The third-order valence-electron chi connectivity index (χ3n) is 6.63. The van der Waals surface area contributed by atoms with Gasteiger partial charge in [-0.1, -0.05) is 24.3 Å². The van der Waals surface area contributed by atoms with E-state index in [2.05, 4.69) is 15.4 Å². The summed E-state index contributed by atoms with van der Waals surface area (Å²) in [7, 11) is 0. The van der Waals surface area contributed by atoms with Crippen LogP contribution in [0.25, 0.3) is 0 Å². The summed E-state index contributed by atoms with van der Waals surface area (Å²) in [5.41, 5.74) is 11.3. The van der Waals surface area contributed by atoms with Crippen molar-refractivity contribution < 1.29 is 24.3 Å². The van der Waals surface area contributed by atoms with E-state index in [4.69, 9.17) is 15.3 Å². The van der Waals surface area contributed by atoms with Crippen LogP contribution in [0.5, 0.6) is 5.75 Å². The van der Waals surface area contributed by atoms with Crippen molar-refractivity contribution >= 4 is 18.1 Å². The highest BCUT2D eigenvalue weighted by molar-refractivity contribution is 5.94. The van der Waals surface area contributed by atoms with Crippen molar-refractivity contribution in [2.24, 2.45) is 10.8 Å². The zero-order chi connectivity index (χ0) is 26.2. The van der Waals surface area contributed by atoms with Crippen LogP contribution in [0.2, 0.25) is 0 Å². The van der Waals surface area contributed by atoms with Gasteiger partial charge in [0.1, 0.15) is 24.2 Å². The number of hydrogen-bond acceptors (Lipinski definition) is 9. The molecule has 1 fully saturated rings. The smallest absolute Gasteiger partial charge is 0.240 e. The first-order valence-corrected chi connectivity index (χ1v) is 12.7. The number of nitrogens with zero attached hydrogens (tertiary/aromatic N) is 3. The minimum Gasteiger partial charge on any atom is -0.508 e. The van der Waals surface area contributed by atoms with Crippen LogP contribution in [0.15, 0.2) is 53.6 Å². The molecular weight excluding hydrogens is 474 g/mol. The fourth-order valence-electron chi connectivity index (χ4n) is 4.74. The van der Waals surface area contributed by atoms with E-state index in [9.17, 15) is 14.7 Å². The van der Waals surface area contributed by atoms with Gasteiger partial charge < -0.3 is 20.4 Å². The molecule has 3 unspecified atom stereocenters. The van der Waals surface area contributed by atoms with E-state index in [1.807, 2.05) is 37.3 Å². The summed E-state index contributed by atoms with van der Waals surface area (Å²) in [6.07, 6.45) is 3.69. The van der Waals surface area contributed by atoms with Gasteiger partial charge in [0.2, 0.25) is 11.8 Å². The number of carbonyl (C=O) groups is 2. The van der Waals surface area contributed by atoms with Crippen molar-refractivity contribution in [1.82, 2.24) is 15.4 Å². The number of aldehydes is 1. The van der Waals surface area contributed by atoms with Gasteiger partial charge in [0, 0.05) is 12.0 Å². The van der Waals surface area contributed by atoms with Gasteiger partial charge in [-0.2, -0.15) is 5.06 Å². The number of ether oxygens (including phenoxy) is 1. The first-order valence-electron chi connectivity index (χ1n) is 12.7. The predicted octanol–water partition coefficient (Wildman–Crippen LogP) is 2.42. The molecule has 3 aliphatic rings. The molecular formula is C27H35N5O5. The van der Waals surface area contributed by atoms with Crippen molar-refractivity contribution in [1.29, 1.82) is 0 Å². The second-order valence-corrected chi connectivity index (χ2v) is 9.39. The zero-order valence-corrected chi connectivity index (χ0v) is 21.1. The zero-order valence-electron chi connectivity index (χ0n) is 21.1. The van der Waals surface area contributed by atoms with Gasteiger partial charge >= 0.3 is 0 Å². The Morgan fingerprint density at radius 2 is 2.00 bits per heavy atom. The maximum Gasteiger partial charge on any atom is 0.240 e. The molecule has 0 aromatic heterocycles. The standard InChI is InChI=1S/C14H18N2O4.C13H17N3O/c1-9-12-5-4-11(18)7-10(12)8-16(20-9)13(14(15)19)3-2-6-17;1-2-6-11(7-3-1)13-15-14-12(17-13)10-16-8-4-5-9-16/h4-7,9,13,18H,2-3,8H2,1H3,(H2,15,19);1-3,6-7,12,14H,4-5,8-10H2. The Morgan fingerprint density at radius 3 is 2.70 bits per heavy atom. The highest BCUT2D eigenvalue weighted by atomic mass is 16.7. The van der Waals surface area contributed by atoms with Crippen LogP contribution in [0.3, 0.4) is 0 Å². The minimum atomic E-state index is -0.654. The molecule has 2 aromatic carbocycles. The first-order chi connectivity index (χ1) is 17.9. The molecule has 4 N–H and O–H groups in total. The number of benzene rings is 2. The Balaban J connectivity index is 0.000000175. The van der Waals surface area contributed by atoms with E-state index in [0.717, 1.165) is 29.5 Å². The van der Waals surface area contributed by atoms with E-state index in [1.165, 1.54) is 31.0 Å². The number of fused-ring (bicyclic) bond motifs is 1. The van der Waals surface area contributed by atoms with Crippen molar-refractivity contribution in [3.05, 3.63) is 65.2 Å². The van der Waals surface area contributed by atoms with Gasteiger partial charge in [-0.15, -0.1) is 5.10 Å². The van der Waals surface area contributed by atoms with Crippen molar-refractivity contribution in [3.63, 3.8) is 0 Å². The average Bonchev–Trinajstić information content (AvgIpc) is 3.58. The SMILES string of the molecule is CC1ON(C(CCC=O)C(N)=O)Cc2cc(O)ccc21.c1ccc(C2=NNC(CN3CCCC3)O2)cc1. The summed E-state index contributed by atoms with van der Waals surface area (Å²) in [6.45, 7) is 5.49.